The molecule has 0 aromatic heterocycles. The number of rotatable bonds is 10. The van der Waals surface area contributed by atoms with Crippen molar-refractivity contribution in [2.45, 2.75) is 26.7 Å². The van der Waals surface area contributed by atoms with Crippen molar-refractivity contribution >= 4 is 28.9 Å². The second kappa shape index (κ2) is 13.0. The first kappa shape index (κ1) is 27.0. The maximum atomic E-state index is 13.4. The molecule has 0 bridgehead atoms. The van der Waals surface area contributed by atoms with E-state index in [1.807, 2.05) is 62.4 Å². The molecule has 200 valence electrons. The standard InChI is InChI=1S/C31H38N4O3/c1-23(2)21-30(36)33-25-13-14-27(26(22-25)31(37)32-16-15-24-9-5-4-6-10-24)34-17-19-35(20-18-34)28-11-7-8-12-29(28)38-3/h4-14,22-23H,15-21H2,1-3H3,(H,32,37)(H,33,36). The van der Waals surface area contributed by atoms with Crippen molar-refractivity contribution < 1.29 is 14.3 Å². The summed E-state index contributed by atoms with van der Waals surface area (Å²) in [6.45, 7) is 7.71. The lowest BCUT2D eigenvalue weighted by molar-refractivity contribution is -0.116. The number of para-hydroxylation sites is 2. The van der Waals surface area contributed by atoms with E-state index in [1.165, 1.54) is 5.56 Å². The van der Waals surface area contributed by atoms with Crippen molar-refractivity contribution in [3.63, 3.8) is 0 Å². The molecule has 0 aliphatic carbocycles. The molecule has 1 heterocycles. The summed E-state index contributed by atoms with van der Waals surface area (Å²) in [5, 5.41) is 6.05. The van der Waals surface area contributed by atoms with E-state index in [0.29, 0.717) is 24.2 Å². The van der Waals surface area contributed by atoms with Gasteiger partial charge in [-0.3, -0.25) is 9.59 Å². The first-order valence-electron chi connectivity index (χ1n) is 13.3. The molecule has 1 fully saturated rings. The zero-order chi connectivity index (χ0) is 26.9. The molecule has 3 aromatic carbocycles. The number of piperazine rings is 1. The van der Waals surface area contributed by atoms with Crippen LogP contribution in [-0.4, -0.2) is 51.6 Å². The topological polar surface area (TPSA) is 73.9 Å². The molecule has 1 aliphatic heterocycles. The molecule has 2 amide bonds. The highest BCUT2D eigenvalue weighted by Crippen LogP contribution is 2.31. The van der Waals surface area contributed by atoms with E-state index in [-0.39, 0.29) is 17.7 Å². The predicted molar refractivity (Wildman–Crippen MR) is 154 cm³/mol. The molecular formula is C31H38N4O3. The second-order valence-electron chi connectivity index (χ2n) is 10.0. The number of methoxy groups -OCH3 is 1. The zero-order valence-corrected chi connectivity index (χ0v) is 22.6. The van der Waals surface area contributed by atoms with E-state index in [0.717, 1.165) is 49.7 Å². The zero-order valence-electron chi connectivity index (χ0n) is 22.6. The lowest BCUT2D eigenvalue weighted by Crippen LogP contribution is -2.47. The molecule has 0 spiro atoms. The Morgan fingerprint density at radius 1 is 0.868 bits per heavy atom. The summed E-state index contributed by atoms with van der Waals surface area (Å²) < 4.78 is 5.56. The summed E-state index contributed by atoms with van der Waals surface area (Å²) in [6, 6.07) is 23.8. The number of amides is 2. The number of carbonyl (C=O) groups excluding carboxylic acids is 2. The summed E-state index contributed by atoms with van der Waals surface area (Å²) in [6.07, 6.45) is 1.19. The van der Waals surface area contributed by atoms with Crippen LogP contribution >= 0.6 is 0 Å². The average Bonchev–Trinajstić information content (AvgIpc) is 2.93. The van der Waals surface area contributed by atoms with Crippen LogP contribution in [0.3, 0.4) is 0 Å². The van der Waals surface area contributed by atoms with Crippen LogP contribution in [0.5, 0.6) is 5.75 Å². The number of hydrogen-bond donors (Lipinski definition) is 2. The van der Waals surface area contributed by atoms with Gasteiger partial charge in [-0.05, 0) is 48.2 Å². The van der Waals surface area contributed by atoms with Crippen LogP contribution in [0.4, 0.5) is 17.1 Å². The third-order valence-corrected chi connectivity index (χ3v) is 6.71. The van der Waals surface area contributed by atoms with Crippen LogP contribution in [0.1, 0.15) is 36.2 Å². The van der Waals surface area contributed by atoms with Gasteiger partial charge in [-0.2, -0.15) is 0 Å². The van der Waals surface area contributed by atoms with Gasteiger partial charge in [-0.1, -0.05) is 56.3 Å². The Hall–Kier alpha value is -4.00. The lowest BCUT2D eigenvalue weighted by Gasteiger charge is -2.38. The normalized spacial score (nSPS) is 13.4. The summed E-state index contributed by atoms with van der Waals surface area (Å²) in [7, 11) is 1.69. The minimum Gasteiger partial charge on any atom is -0.495 e. The molecule has 0 radical (unpaired) electrons. The predicted octanol–water partition coefficient (Wildman–Crippen LogP) is 4.98. The molecule has 0 saturated carbocycles. The Morgan fingerprint density at radius 2 is 1.53 bits per heavy atom. The molecule has 7 heteroatoms. The minimum absolute atomic E-state index is 0.0476. The number of hydrogen-bond acceptors (Lipinski definition) is 5. The lowest BCUT2D eigenvalue weighted by atomic mass is 10.1. The van der Waals surface area contributed by atoms with E-state index in [9.17, 15) is 9.59 Å². The quantitative estimate of drug-likeness (QED) is 0.399. The number of anilines is 3. The Labute approximate surface area is 225 Å². The maximum absolute atomic E-state index is 13.4. The first-order valence-corrected chi connectivity index (χ1v) is 13.3. The van der Waals surface area contributed by atoms with Crippen molar-refractivity contribution in [1.82, 2.24) is 5.32 Å². The van der Waals surface area contributed by atoms with Crippen molar-refractivity contribution in [2.75, 3.05) is 55.0 Å². The van der Waals surface area contributed by atoms with Crippen molar-refractivity contribution in [3.8, 4) is 5.75 Å². The summed E-state index contributed by atoms with van der Waals surface area (Å²) in [5.74, 6) is 0.937. The molecule has 3 aromatic rings. The van der Waals surface area contributed by atoms with Gasteiger partial charge in [0.25, 0.3) is 5.91 Å². The summed E-state index contributed by atoms with van der Waals surface area (Å²) in [4.78, 5) is 30.4. The average molecular weight is 515 g/mol. The molecule has 4 rings (SSSR count). The van der Waals surface area contributed by atoms with Gasteiger partial charge in [0.15, 0.2) is 0 Å². The fraction of sp³-hybridized carbons (Fsp3) is 0.355. The molecular weight excluding hydrogens is 476 g/mol. The van der Waals surface area contributed by atoms with Crippen LogP contribution in [0, 0.1) is 5.92 Å². The van der Waals surface area contributed by atoms with Gasteiger partial charge in [0.2, 0.25) is 5.91 Å². The summed E-state index contributed by atoms with van der Waals surface area (Å²) >= 11 is 0. The molecule has 1 saturated heterocycles. The number of ether oxygens (including phenoxy) is 1. The minimum atomic E-state index is -0.136. The largest absolute Gasteiger partial charge is 0.495 e. The third-order valence-electron chi connectivity index (χ3n) is 6.71. The highest BCUT2D eigenvalue weighted by atomic mass is 16.5. The van der Waals surface area contributed by atoms with Gasteiger partial charge in [-0.25, -0.2) is 0 Å². The van der Waals surface area contributed by atoms with Crippen molar-refractivity contribution in [1.29, 1.82) is 0 Å². The molecule has 38 heavy (non-hydrogen) atoms. The van der Waals surface area contributed by atoms with Gasteiger partial charge >= 0.3 is 0 Å². The van der Waals surface area contributed by atoms with Gasteiger partial charge in [0, 0.05) is 50.5 Å². The Kier molecular flexibility index (Phi) is 9.25. The Morgan fingerprint density at radius 3 is 2.21 bits per heavy atom. The first-order chi connectivity index (χ1) is 18.4. The number of carbonyl (C=O) groups is 2. The molecule has 0 unspecified atom stereocenters. The monoisotopic (exact) mass is 514 g/mol. The van der Waals surface area contributed by atoms with Crippen LogP contribution in [0.15, 0.2) is 72.8 Å². The Balaban J connectivity index is 1.49. The summed E-state index contributed by atoms with van der Waals surface area (Å²) in [5.41, 5.74) is 4.35. The second-order valence-corrected chi connectivity index (χ2v) is 10.0. The highest BCUT2D eigenvalue weighted by molar-refractivity contribution is 6.02. The maximum Gasteiger partial charge on any atom is 0.253 e. The molecule has 1 aliphatic rings. The van der Waals surface area contributed by atoms with E-state index >= 15 is 0 Å². The van der Waals surface area contributed by atoms with E-state index < -0.39 is 0 Å². The number of nitrogens with one attached hydrogen (secondary N) is 2. The smallest absolute Gasteiger partial charge is 0.253 e. The van der Waals surface area contributed by atoms with Crippen LogP contribution in [0.25, 0.3) is 0 Å². The molecule has 7 nitrogen and oxygen atoms in total. The number of nitrogens with zero attached hydrogens (tertiary/aromatic N) is 2. The van der Waals surface area contributed by atoms with E-state index in [2.05, 4.69) is 38.6 Å². The van der Waals surface area contributed by atoms with Crippen molar-refractivity contribution in [2.24, 2.45) is 5.92 Å². The fourth-order valence-electron chi connectivity index (χ4n) is 4.79. The fourth-order valence-corrected chi connectivity index (χ4v) is 4.79. The molecule has 0 atom stereocenters. The molecule has 2 N–H and O–H groups in total. The third kappa shape index (κ3) is 7.06. The van der Waals surface area contributed by atoms with Crippen LogP contribution in [0.2, 0.25) is 0 Å². The van der Waals surface area contributed by atoms with E-state index in [1.54, 1.807) is 13.2 Å². The van der Waals surface area contributed by atoms with Crippen LogP contribution < -0.4 is 25.2 Å². The van der Waals surface area contributed by atoms with Gasteiger partial charge in [0.1, 0.15) is 5.75 Å². The van der Waals surface area contributed by atoms with Crippen molar-refractivity contribution in [3.05, 3.63) is 83.9 Å². The Bertz CT molecular complexity index is 1220. The van der Waals surface area contributed by atoms with Gasteiger partial charge < -0.3 is 25.2 Å². The SMILES string of the molecule is COc1ccccc1N1CCN(c2ccc(NC(=O)CC(C)C)cc2C(=O)NCCc2ccccc2)CC1. The van der Waals surface area contributed by atoms with Gasteiger partial charge in [-0.15, -0.1) is 0 Å². The highest BCUT2D eigenvalue weighted by Gasteiger charge is 2.24. The van der Waals surface area contributed by atoms with E-state index in [4.69, 9.17) is 4.74 Å². The van der Waals surface area contributed by atoms with Crippen LogP contribution in [-0.2, 0) is 11.2 Å². The van der Waals surface area contributed by atoms with Gasteiger partial charge in [0.05, 0.1) is 18.4 Å². The number of benzene rings is 3.